The Hall–Kier alpha value is -2.38. The van der Waals surface area contributed by atoms with Crippen molar-refractivity contribution in [3.8, 4) is 5.75 Å². The number of hydrogen-bond acceptors (Lipinski definition) is 7. The van der Waals surface area contributed by atoms with E-state index < -0.39 is 30.7 Å². The third-order valence-corrected chi connectivity index (χ3v) is 7.69. The maximum atomic E-state index is 13.0. The molecular formula is C30H44NO7P. The summed E-state index contributed by atoms with van der Waals surface area (Å²) < 4.78 is 41.5. The number of benzene rings is 2. The number of phosphoric ester groups is 1. The Morgan fingerprint density at radius 1 is 1.03 bits per heavy atom. The third-order valence-electron chi connectivity index (χ3n) is 6.03. The van der Waals surface area contributed by atoms with Gasteiger partial charge in [-0.15, -0.1) is 0 Å². The number of ether oxygens (including phenoxy) is 2. The Morgan fingerprint density at radius 3 is 2.21 bits per heavy atom. The zero-order valence-electron chi connectivity index (χ0n) is 24.5. The zero-order chi connectivity index (χ0) is 28.9. The summed E-state index contributed by atoms with van der Waals surface area (Å²) >= 11 is 0. The summed E-state index contributed by atoms with van der Waals surface area (Å²) in [5, 5.41) is 2.92. The Labute approximate surface area is 233 Å². The number of nitrogens with one attached hydrogen (secondary N) is 1. The fourth-order valence-corrected chi connectivity index (χ4v) is 5.87. The first-order valence-corrected chi connectivity index (χ1v) is 15.0. The number of carbonyl (C=O) groups excluding carboxylic acids is 1. The molecule has 0 aromatic heterocycles. The molecule has 8 nitrogen and oxygen atoms in total. The lowest BCUT2D eigenvalue weighted by Gasteiger charge is -2.41. The van der Waals surface area contributed by atoms with Gasteiger partial charge in [0.15, 0.2) is 0 Å². The van der Waals surface area contributed by atoms with Crippen LogP contribution >= 0.6 is 7.82 Å². The number of carbonyl (C=O) groups is 1. The molecule has 0 bridgehead atoms. The normalized spacial score (nSPS) is 22.7. The summed E-state index contributed by atoms with van der Waals surface area (Å²) in [6.45, 7) is 14.8. The first-order valence-electron chi connectivity index (χ1n) is 13.5. The molecule has 1 saturated heterocycles. The second-order valence-corrected chi connectivity index (χ2v) is 13.8. The first kappa shape index (κ1) is 31.2. The predicted octanol–water partition coefficient (Wildman–Crippen LogP) is 7.69. The Kier molecular flexibility index (Phi) is 9.92. The van der Waals surface area contributed by atoms with Gasteiger partial charge in [0.2, 0.25) is 0 Å². The summed E-state index contributed by atoms with van der Waals surface area (Å²) in [7, 11) is -3.76. The van der Waals surface area contributed by atoms with Crippen LogP contribution in [-0.2, 0) is 29.3 Å². The standard InChI is InChI=1S/C30H44NO7P/c1-9-26(24-12-10-11-22(2)19-24)36-25-15-13-23(14-16-25)17-18-30(31-27(32)37-28(3,4)5)20-34-39(33,35-21-30)38-29(6,7)8/h10-16,19,26H,9,17-18,20-21H2,1-8H3,(H,31,32). The van der Waals surface area contributed by atoms with Crippen molar-refractivity contribution >= 4 is 13.9 Å². The van der Waals surface area contributed by atoms with Gasteiger partial charge >= 0.3 is 13.9 Å². The summed E-state index contributed by atoms with van der Waals surface area (Å²) in [5.74, 6) is 0.790. The van der Waals surface area contributed by atoms with Crippen LogP contribution in [0.5, 0.6) is 5.75 Å². The van der Waals surface area contributed by atoms with Gasteiger partial charge in [0.25, 0.3) is 0 Å². The molecule has 0 radical (unpaired) electrons. The van der Waals surface area contributed by atoms with Crippen molar-refractivity contribution in [1.29, 1.82) is 0 Å². The Balaban J connectivity index is 1.68. The van der Waals surface area contributed by atoms with E-state index in [4.69, 9.17) is 23.0 Å². The molecule has 0 aliphatic carbocycles. The van der Waals surface area contributed by atoms with Gasteiger partial charge in [-0.25, -0.2) is 9.36 Å². The largest absolute Gasteiger partial charge is 0.486 e. The van der Waals surface area contributed by atoms with Crippen molar-refractivity contribution < 1.29 is 32.4 Å². The molecule has 1 fully saturated rings. The molecule has 0 saturated carbocycles. The smallest absolute Gasteiger partial charge is 0.475 e. The van der Waals surface area contributed by atoms with Crippen LogP contribution in [0.15, 0.2) is 48.5 Å². The summed E-state index contributed by atoms with van der Waals surface area (Å²) in [6, 6.07) is 16.3. The molecule has 1 aliphatic heterocycles. The zero-order valence-corrected chi connectivity index (χ0v) is 25.4. The van der Waals surface area contributed by atoms with Crippen LogP contribution in [0.4, 0.5) is 4.79 Å². The number of aryl methyl sites for hydroxylation is 2. The Morgan fingerprint density at radius 2 is 1.67 bits per heavy atom. The van der Waals surface area contributed by atoms with E-state index in [1.54, 1.807) is 41.5 Å². The molecule has 2 aromatic carbocycles. The van der Waals surface area contributed by atoms with Crippen molar-refractivity contribution in [3.63, 3.8) is 0 Å². The third kappa shape index (κ3) is 9.95. The average molecular weight is 562 g/mol. The summed E-state index contributed by atoms with van der Waals surface area (Å²) in [6.07, 6.45) is 1.33. The van der Waals surface area contributed by atoms with E-state index >= 15 is 0 Å². The highest BCUT2D eigenvalue weighted by molar-refractivity contribution is 7.48. The van der Waals surface area contributed by atoms with Gasteiger partial charge in [-0.2, -0.15) is 0 Å². The highest BCUT2D eigenvalue weighted by atomic mass is 31.2. The topological polar surface area (TPSA) is 92.3 Å². The van der Waals surface area contributed by atoms with Crippen LogP contribution in [0, 0.1) is 6.92 Å². The van der Waals surface area contributed by atoms with E-state index in [1.807, 2.05) is 30.3 Å². The number of rotatable bonds is 9. The minimum atomic E-state index is -3.76. The van der Waals surface area contributed by atoms with Crippen LogP contribution in [0.1, 0.15) is 84.1 Å². The van der Waals surface area contributed by atoms with Gasteiger partial charge in [-0.1, -0.05) is 48.9 Å². The minimum absolute atomic E-state index is 0.0282. The van der Waals surface area contributed by atoms with E-state index in [1.165, 1.54) is 5.56 Å². The first-order chi connectivity index (χ1) is 18.1. The monoisotopic (exact) mass is 561 g/mol. The van der Waals surface area contributed by atoms with Gasteiger partial charge in [0, 0.05) is 0 Å². The molecule has 9 heteroatoms. The molecule has 0 spiro atoms. The maximum absolute atomic E-state index is 13.0. The van der Waals surface area contributed by atoms with Crippen molar-refractivity contribution in [2.75, 3.05) is 13.2 Å². The molecule has 1 unspecified atom stereocenters. The Bertz CT molecular complexity index is 1140. The highest BCUT2D eigenvalue weighted by Crippen LogP contribution is 2.56. The molecule has 1 heterocycles. The second-order valence-electron chi connectivity index (χ2n) is 12.2. The molecular weight excluding hydrogens is 517 g/mol. The predicted molar refractivity (Wildman–Crippen MR) is 152 cm³/mol. The average Bonchev–Trinajstić information content (AvgIpc) is 2.81. The number of amides is 1. The van der Waals surface area contributed by atoms with Crippen LogP contribution in [-0.4, -0.2) is 36.0 Å². The van der Waals surface area contributed by atoms with Gasteiger partial charge in [0.1, 0.15) is 17.5 Å². The summed E-state index contributed by atoms with van der Waals surface area (Å²) in [5.41, 5.74) is 1.09. The van der Waals surface area contributed by atoms with E-state index in [-0.39, 0.29) is 19.3 Å². The fraction of sp³-hybridized carbons (Fsp3) is 0.567. The number of alkyl carbamates (subject to hydrolysis) is 1. The van der Waals surface area contributed by atoms with E-state index in [9.17, 15) is 9.36 Å². The molecule has 216 valence electrons. The molecule has 1 N–H and O–H groups in total. The molecule has 1 atom stereocenters. The van der Waals surface area contributed by atoms with E-state index in [0.717, 1.165) is 23.3 Å². The lowest BCUT2D eigenvalue weighted by Crippen LogP contribution is -2.58. The molecule has 3 rings (SSSR count). The second kappa shape index (κ2) is 12.4. The highest BCUT2D eigenvalue weighted by Gasteiger charge is 2.46. The van der Waals surface area contributed by atoms with Crippen LogP contribution in [0.3, 0.4) is 0 Å². The molecule has 1 aliphatic rings. The van der Waals surface area contributed by atoms with Crippen molar-refractivity contribution in [2.24, 2.45) is 0 Å². The van der Waals surface area contributed by atoms with Crippen molar-refractivity contribution in [2.45, 2.75) is 97.5 Å². The number of hydrogen-bond donors (Lipinski definition) is 1. The molecule has 2 aromatic rings. The molecule has 1 amide bonds. The van der Waals surface area contributed by atoms with Gasteiger partial charge in [-0.3, -0.25) is 13.6 Å². The lowest BCUT2D eigenvalue weighted by atomic mass is 9.92. The number of phosphoric acid groups is 1. The minimum Gasteiger partial charge on any atom is -0.486 e. The summed E-state index contributed by atoms with van der Waals surface area (Å²) in [4.78, 5) is 12.7. The van der Waals surface area contributed by atoms with Crippen molar-refractivity contribution in [1.82, 2.24) is 5.32 Å². The van der Waals surface area contributed by atoms with Crippen LogP contribution < -0.4 is 10.1 Å². The van der Waals surface area contributed by atoms with Gasteiger partial charge < -0.3 is 14.8 Å². The molecule has 39 heavy (non-hydrogen) atoms. The van der Waals surface area contributed by atoms with Gasteiger partial charge in [-0.05, 0) is 91.0 Å². The fourth-order valence-electron chi connectivity index (χ4n) is 4.21. The lowest BCUT2D eigenvalue weighted by molar-refractivity contribution is -0.0275. The maximum Gasteiger partial charge on any atom is 0.475 e. The quantitative estimate of drug-likeness (QED) is 0.314. The van der Waals surface area contributed by atoms with E-state index in [0.29, 0.717) is 12.8 Å². The van der Waals surface area contributed by atoms with E-state index in [2.05, 4.69) is 37.4 Å². The van der Waals surface area contributed by atoms with Gasteiger partial charge in [0.05, 0.1) is 24.4 Å². The van der Waals surface area contributed by atoms with Crippen LogP contribution in [0.25, 0.3) is 0 Å². The van der Waals surface area contributed by atoms with Crippen molar-refractivity contribution in [3.05, 3.63) is 65.2 Å². The SMILES string of the molecule is CCC(Oc1ccc(CCC2(NC(=O)OC(C)(C)C)COP(=O)(OC(C)(C)C)OC2)cc1)c1cccc(C)c1. The van der Waals surface area contributed by atoms with Crippen LogP contribution in [0.2, 0.25) is 0 Å².